The fourth-order valence-electron chi connectivity index (χ4n) is 1.97. The topological polar surface area (TPSA) is 103 Å². The fourth-order valence-corrected chi connectivity index (χ4v) is 1.97. The molecular formula is C14H14N2O5. The van der Waals surface area contributed by atoms with Gasteiger partial charge in [0.1, 0.15) is 11.3 Å². The van der Waals surface area contributed by atoms with Crippen LogP contribution in [0.15, 0.2) is 30.5 Å². The van der Waals surface area contributed by atoms with Crippen molar-refractivity contribution in [2.75, 3.05) is 6.61 Å². The van der Waals surface area contributed by atoms with E-state index < -0.39 is 10.9 Å². The average Bonchev–Trinajstić information content (AvgIpc) is 2.46. The fraction of sp³-hybridized carbons (Fsp3) is 0.286. The Morgan fingerprint density at radius 3 is 2.86 bits per heavy atom. The second-order valence-corrected chi connectivity index (χ2v) is 4.44. The van der Waals surface area contributed by atoms with Crippen LogP contribution in [0.5, 0.6) is 5.75 Å². The van der Waals surface area contributed by atoms with E-state index in [4.69, 9.17) is 9.84 Å². The van der Waals surface area contributed by atoms with Crippen LogP contribution < -0.4 is 4.74 Å². The number of carbonyl (C=O) groups is 1. The largest absolute Gasteiger partial charge is 0.491 e. The van der Waals surface area contributed by atoms with E-state index in [1.54, 1.807) is 18.3 Å². The Hall–Kier alpha value is -2.70. The number of unbranched alkanes of at least 4 members (excludes halogenated alkanes) is 1. The molecule has 7 heteroatoms. The van der Waals surface area contributed by atoms with Crippen molar-refractivity contribution in [2.24, 2.45) is 0 Å². The molecule has 0 atom stereocenters. The van der Waals surface area contributed by atoms with Crippen LogP contribution in [0, 0.1) is 10.1 Å². The van der Waals surface area contributed by atoms with Crippen molar-refractivity contribution >= 4 is 22.6 Å². The second-order valence-electron chi connectivity index (χ2n) is 4.44. The number of nitro groups is 1. The summed E-state index contributed by atoms with van der Waals surface area (Å²) in [6.07, 6.45) is 2.76. The van der Waals surface area contributed by atoms with Gasteiger partial charge in [-0.3, -0.25) is 19.9 Å². The Balaban J connectivity index is 2.12. The first-order valence-electron chi connectivity index (χ1n) is 6.46. The third kappa shape index (κ3) is 3.65. The molecule has 1 aromatic heterocycles. The summed E-state index contributed by atoms with van der Waals surface area (Å²) < 4.78 is 5.56. The third-order valence-corrected chi connectivity index (χ3v) is 2.95. The zero-order chi connectivity index (χ0) is 15.2. The molecule has 2 rings (SSSR count). The Labute approximate surface area is 120 Å². The molecule has 0 spiro atoms. The first-order chi connectivity index (χ1) is 10.1. The molecule has 0 aliphatic carbocycles. The van der Waals surface area contributed by atoms with Crippen LogP contribution in [-0.4, -0.2) is 27.6 Å². The molecule has 0 saturated carbocycles. The number of aliphatic carboxylic acids is 1. The van der Waals surface area contributed by atoms with Gasteiger partial charge in [0.15, 0.2) is 0 Å². The molecule has 2 aromatic rings. The van der Waals surface area contributed by atoms with Gasteiger partial charge in [-0.15, -0.1) is 0 Å². The van der Waals surface area contributed by atoms with Gasteiger partial charge in [0.25, 0.3) is 5.69 Å². The first kappa shape index (κ1) is 14.7. The number of hydrogen-bond donors (Lipinski definition) is 1. The maximum atomic E-state index is 11.0. The van der Waals surface area contributed by atoms with Gasteiger partial charge < -0.3 is 9.84 Å². The molecule has 21 heavy (non-hydrogen) atoms. The van der Waals surface area contributed by atoms with Gasteiger partial charge in [0, 0.05) is 18.7 Å². The average molecular weight is 290 g/mol. The van der Waals surface area contributed by atoms with Gasteiger partial charge in [0.2, 0.25) is 0 Å². The van der Waals surface area contributed by atoms with Crippen LogP contribution in [0.3, 0.4) is 0 Å². The van der Waals surface area contributed by atoms with Crippen LogP contribution in [-0.2, 0) is 4.79 Å². The monoisotopic (exact) mass is 290 g/mol. The summed E-state index contributed by atoms with van der Waals surface area (Å²) in [5.74, 6) is -0.371. The van der Waals surface area contributed by atoms with Crippen molar-refractivity contribution < 1.29 is 19.6 Å². The second kappa shape index (κ2) is 6.65. The van der Waals surface area contributed by atoms with Crippen LogP contribution in [0.1, 0.15) is 19.3 Å². The highest BCUT2D eigenvalue weighted by atomic mass is 16.6. The summed E-state index contributed by atoms with van der Waals surface area (Å²) in [5.41, 5.74) is 0.418. The van der Waals surface area contributed by atoms with Crippen molar-refractivity contribution in [1.82, 2.24) is 4.98 Å². The number of non-ortho nitro benzene ring substituents is 1. The van der Waals surface area contributed by atoms with E-state index in [0.29, 0.717) is 36.1 Å². The SMILES string of the molecule is O=C(O)CCCCOc1ccc([N+](=O)[O-])c2cccnc12. The number of ether oxygens (including phenoxy) is 1. The summed E-state index contributed by atoms with van der Waals surface area (Å²) >= 11 is 0. The normalized spacial score (nSPS) is 10.5. The zero-order valence-electron chi connectivity index (χ0n) is 11.2. The molecule has 0 bridgehead atoms. The van der Waals surface area contributed by atoms with Gasteiger partial charge in [-0.1, -0.05) is 0 Å². The van der Waals surface area contributed by atoms with Gasteiger partial charge in [0.05, 0.1) is 16.9 Å². The number of carboxylic acid groups (broad SMARTS) is 1. The molecule has 110 valence electrons. The smallest absolute Gasteiger partial charge is 0.303 e. The number of hydrogen-bond acceptors (Lipinski definition) is 5. The third-order valence-electron chi connectivity index (χ3n) is 2.95. The summed E-state index contributed by atoms with van der Waals surface area (Å²) in [5, 5.41) is 19.9. The lowest BCUT2D eigenvalue weighted by atomic mass is 10.1. The van der Waals surface area contributed by atoms with Crippen molar-refractivity contribution in [1.29, 1.82) is 0 Å². The predicted octanol–water partition coefficient (Wildman–Crippen LogP) is 2.78. The minimum absolute atomic E-state index is 0.0173. The molecule has 1 heterocycles. The standard InChI is InChI=1S/C14H14N2O5/c17-13(18)5-1-2-9-21-12-7-6-11(16(19)20)10-4-3-8-15-14(10)12/h3-4,6-8H,1-2,5,9H2,(H,17,18). The summed E-state index contributed by atoms with van der Waals surface area (Å²) in [6, 6.07) is 6.16. The Bertz CT molecular complexity index is 671. The van der Waals surface area contributed by atoms with E-state index in [2.05, 4.69) is 4.98 Å². The van der Waals surface area contributed by atoms with Crippen molar-refractivity contribution in [3.05, 3.63) is 40.6 Å². The number of nitro benzene ring substituents is 1. The number of nitrogens with zero attached hydrogens (tertiary/aromatic N) is 2. The lowest BCUT2D eigenvalue weighted by Gasteiger charge is -2.08. The van der Waals surface area contributed by atoms with Gasteiger partial charge in [-0.25, -0.2) is 0 Å². The lowest BCUT2D eigenvalue weighted by molar-refractivity contribution is -0.383. The zero-order valence-corrected chi connectivity index (χ0v) is 11.2. The lowest BCUT2D eigenvalue weighted by Crippen LogP contribution is -2.01. The van der Waals surface area contributed by atoms with E-state index >= 15 is 0 Å². The quantitative estimate of drug-likeness (QED) is 0.478. The highest BCUT2D eigenvalue weighted by molar-refractivity contribution is 5.92. The van der Waals surface area contributed by atoms with Crippen molar-refractivity contribution in [3.8, 4) is 5.75 Å². The number of aromatic nitrogens is 1. The molecule has 0 fully saturated rings. The molecule has 0 amide bonds. The van der Waals surface area contributed by atoms with Crippen LogP contribution >= 0.6 is 0 Å². The maximum absolute atomic E-state index is 11.0. The van der Waals surface area contributed by atoms with Crippen LogP contribution in [0.4, 0.5) is 5.69 Å². The molecule has 0 unspecified atom stereocenters. The summed E-state index contributed by atoms with van der Waals surface area (Å²) in [7, 11) is 0. The minimum Gasteiger partial charge on any atom is -0.491 e. The van der Waals surface area contributed by atoms with E-state index in [1.165, 1.54) is 12.1 Å². The first-order valence-corrected chi connectivity index (χ1v) is 6.46. The molecular weight excluding hydrogens is 276 g/mol. The van der Waals surface area contributed by atoms with Gasteiger partial charge in [-0.2, -0.15) is 0 Å². The molecule has 1 aromatic carbocycles. The van der Waals surface area contributed by atoms with E-state index in [9.17, 15) is 14.9 Å². The van der Waals surface area contributed by atoms with Crippen LogP contribution in [0.25, 0.3) is 10.9 Å². The van der Waals surface area contributed by atoms with E-state index in [-0.39, 0.29) is 12.1 Å². The highest BCUT2D eigenvalue weighted by Crippen LogP contribution is 2.31. The predicted molar refractivity (Wildman–Crippen MR) is 75.4 cm³/mol. The molecule has 0 saturated heterocycles. The van der Waals surface area contributed by atoms with Crippen molar-refractivity contribution in [3.63, 3.8) is 0 Å². The Morgan fingerprint density at radius 2 is 2.14 bits per heavy atom. The van der Waals surface area contributed by atoms with Crippen molar-refractivity contribution in [2.45, 2.75) is 19.3 Å². The number of carboxylic acids is 1. The number of pyridine rings is 1. The van der Waals surface area contributed by atoms with E-state index in [0.717, 1.165) is 0 Å². The van der Waals surface area contributed by atoms with Gasteiger partial charge >= 0.3 is 5.97 Å². The highest BCUT2D eigenvalue weighted by Gasteiger charge is 2.15. The summed E-state index contributed by atoms with van der Waals surface area (Å²) in [4.78, 5) is 25.0. The summed E-state index contributed by atoms with van der Waals surface area (Å²) in [6.45, 7) is 0.344. The van der Waals surface area contributed by atoms with Gasteiger partial charge in [-0.05, 0) is 31.0 Å². The number of fused-ring (bicyclic) bond motifs is 1. The number of rotatable bonds is 7. The molecule has 7 nitrogen and oxygen atoms in total. The maximum Gasteiger partial charge on any atom is 0.303 e. The number of benzene rings is 1. The molecule has 0 aliphatic rings. The molecule has 0 aliphatic heterocycles. The Kier molecular flexibility index (Phi) is 4.65. The Morgan fingerprint density at radius 1 is 1.33 bits per heavy atom. The van der Waals surface area contributed by atoms with E-state index in [1.807, 2.05) is 0 Å². The van der Waals surface area contributed by atoms with Crippen LogP contribution in [0.2, 0.25) is 0 Å². The minimum atomic E-state index is -0.836. The molecule has 0 radical (unpaired) electrons. The molecule has 1 N–H and O–H groups in total.